The Kier molecular flexibility index (Phi) is 4.98. The van der Waals surface area contributed by atoms with Gasteiger partial charge in [0.1, 0.15) is 5.82 Å². The summed E-state index contributed by atoms with van der Waals surface area (Å²) in [5, 5.41) is 4.49. The van der Waals surface area contributed by atoms with Crippen molar-refractivity contribution in [3.05, 3.63) is 86.1 Å². The third-order valence-electron chi connectivity index (χ3n) is 6.06. The van der Waals surface area contributed by atoms with E-state index in [0.717, 1.165) is 22.3 Å². The van der Waals surface area contributed by atoms with Crippen molar-refractivity contribution in [2.75, 3.05) is 6.54 Å². The number of carbonyl (C=O) groups excluding carboxylic acids is 2. The van der Waals surface area contributed by atoms with Crippen LogP contribution in [-0.2, 0) is 25.3 Å². The van der Waals surface area contributed by atoms with Gasteiger partial charge in [0.25, 0.3) is 0 Å². The number of aromatic nitrogens is 3. The first-order valence-electron chi connectivity index (χ1n) is 9.98. The van der Waals surface area contributed by atoms with Crippen molar-refractivity contribution in [2.45, 2.75) is 24.7 Å². The first-order valence-corrected chi connectivity index (χ1v) is 9.98. The van der Waals surface area contributed by atoms with Crippen molar-refractivity contribution in [2.24, 2.45) is 24.2 Å². The fourth-order valence-electron chi connectivity index (χ4n) is 4.61. The predicted molar refractivity (Wildman–Crippen MR) is 115 cm³/mol. The van der Waals surface area contributed by atoms with E-state index in [2.05, 4.69) is 10.1 Å². The minimum Gasteiger partial charge on any atom is -0.366 e. The maximum Gasteiger partial charge on any atom is 0.343 e. The number of primary amides is 2. The lowest BCUT2D eigenvalue weighted by molar-refractivity contribution is 0.0991. The number of aromatic amines is 1. The van der Waals surface area contributed by atoms with Crippen LogP contribution >= 0.6 is 0 Å². The quantitative estimate of drug-likeness (QED) is 0.459. The molecule has 0 saturated carbocycles. The summed E-state index contributed by atoms with van der Waals surface area (Å²) >= 11 is 0. The summed E-state index contributed by atoms with van der Waals surface area (Å²) in [7, 11) is 1.57. The van der Waals surface area contributed by atoms with Gasteiger partial charge in [0.15, 0.2) is 0 Å². The number of hydrogen-bond acceptors (Lipinski definition) is 5. The number of nitrogens with zero attached hydrogens (tertiary/aromatic N) is 2. The zero-order chi connectivity index (χ0) is 22.3. The molecule has 2 amide bonds. The average molecular weight is 420 g/mol. The van der Waals surface area contributed by atoms with Crippen molar-refractivity contribution in [1.29, 1.82) is 0 Å². The third kappa shape index (κ3) is 3.23. The SMILES string of the molecule is Cn1nc(C2(CCN)c3ccc(C(N)=O)cc3CCc3cc(C(N)=O)ccc32)[nH]c1=O. The molecule has 31 heavy (non-hydrogen) atoms. The molecule has 3 aromatic rings. The van der Waals surface area contributed by atoms with E-state index in [4.69, 9.17) is 17.2 Å². The highest BCUT2D eigenvalue weighted by atomic mass is 16.2. The molecule has 2 aromatic carbocycles. The lowest BCUT2D eigenvalue weighted by Crippen LogP contribution is -2.35. The monoisotopic (exact) mass is 420 g/mol. The molecule has 0 bridgehead atoms. The number of aryl methyl sites for hydroxylation is 3. The Morgan fingerprint density at radius 1 is 1.03 bits per heavy atom. The molecular formula is C22H24N6O3. The molecule has 4 rings (SSSR count). The van der Waals surface area contributed by atoms with Gasteiger partial charge in [0.05, 0.1) is 5.41 Å². The Morgan fingerprint density at radius 3 is 1.94 bits per heavy atom. The van der Waals surface area contributed by atoms with Crippen molar-refractivity contribution < 1.29 is 9.59 Å². The molecule has 0 saturated heterocycles. The molecule has 9 nitrogen and oxygen atoms in total. The third-order valence-corrected chi connectivity index (χ3v) is 6.06. The maximum atomic E-state index is 12.3. The van der Waals surface area contributed by atoms with Crippen LogP contribution in [0.15, 0.2) is 41.2 Å². The predicted octanol–water partition coefficient (Wildman–Crippen LogP) is 0.0880. The fraction of sp³-hybridized carbons (Fsp3) is 0.273. The number of H-pyrrole nitrogens is 1. The summed E-state index contributed by atoms with van der Waals surface area (Å²) in [4.78, 5) is 38.8. The topological polar surface area (TPSA) is 163 Å². The fourth-order valence-corrected chi connectivity index (χ4v) is 4.61. The molecule has 1 aliphatic rings. The Morgan fingerprint density at radius 2 is 1.55 bits per heavy atom. The molecule has 1 aromatic heterocycles. The molecule has 0 fully saturated rings. The van der Waals surface area contributed by atoms with Crippen LogP contribution in [0.2, 0.25) is 0 Å². The highest BCUT2D eigenvalue weighted by Gasteiger charge is 2.43. The molecule has 0 aliphatic heterocycles. The molecule has 160 valence electrons. The molecule has 7 N–H and O–H groups in total. The summed E-state index contributed by atoms with van der Waals surface area (Å²) in [5.41, 5.74) is 20.3. The normalized spacial score (nSPS) is 14.4. The lowest BCUT2D eigenvalue weighted by Gasteiger charge is -2.34. The van der Waals surface area contributed by atoms with Crippen molar-refractivity contribution in [3.8, 4) is 0 Å². The minimum absolute atomic E-state index is 0.312. The van der Waals surface area contributed by atoms with Crippen molar-refractivity contribution >= 4 is 11.8 Å². The van der Waals surface area contributed by atoms with E-state index in [1.165, 1.54) is 4.68 Å². The molecule has 0 spiro atoms. The van der Waals surface area contributed by atoms with Gasteiger partial charge in [-0.1, -0.05) is 12.1 Å². The number of nitrogens with one attached hydrogen (secondary N) is 1. The molecule has 9 heteroatoms. The van der Waals surface area contributed by atoms with Crippen LogP contribution in [0.1, 0.15) is 55.2 Å². The number of rotatable bonds is 5. The summed E-state index contributed by atoms with van der Waals surface area (Å²) in [6.45, 7) is 0.312. The van der Waals surface area contributed by atoms with E-state index in [1.54, 1.807) is 31.3 Å². The highest BCUT2D eigenvalue weighted by Crippen LogP contribution is 2.45. The first-order chi connectivity index (χ1) is 14.8. The van der Waals surface area contributed by atoms with Crippen molar-refractivity contribution in [3.63, 3.8) is 0 Å². The van der Waals surface area contributed by atoms with Crippen LogP contribution in [-0.4, -0.2) is 33.1 Å². The van der Waals surface area contributed by atoms with Crippen LogP contribution in [0.25, 0.3) is 0 Å². The van der Waals surface area contributed by atoms with E-state index < -0.39 is 17.2 Å². The molecule has 0 atom stereocenters. The number of carbonyl (C=O) groups is 2. The Labute approximate surface area is 178 Å². The summed E-state index contributed by atoms with van der Waals surface area (Å²) in [6, 6.07) is 10.6. The first kappa shape index (κ1) is 20.5. The zero-order valence-corrected chi connectivity index (χ0v) is 17.1. The van der Waals surface area contributed by atoms with E-state index in [9.17, 15) is 14.4 Å². The summed E-state index contributed by atoms with van der Waals surface area (Å²) < 4.78 is 1.24. The molecule has 0 radical (unpaired) electrons. The van der Waals surface area contributed by atoms with Crippen LogP contribution in [0.4, 0.5) is 0 Å². The van der Waals surface area contributed by atoms with Crippen LogP contribution in [0.3, 0.4) is 0 Å². The van der Waals surface area contributed by atoms with E-state index in [1.807, 2.05) is 12.1 Å². The number of amides is 2. The van der Waals surface area contributed by atoms with Gasteiger partial charge in [0.2, 0.25) is 11.8 Å². The molecule has 1 heterocycles. The van der Waals surface area contributed by atoms with E-state index in [-0.39, 0.29) is 5.69 Å². The van der Waals surface area contributed by atoms with Gasteiger partial charge < -0.3 is 17.2 Å². The largest absolute Gasteiger partial charge is 0.366 e. The smallest absolute Gasteiger partial charge is 0.343 e. The van der Waals surface area contributed by atoms with Crippen LogP contribution < -0.4 is 22.9 Å². The van der Waals surface area contributed by atoms with Gasteiger partial charge in [-0.15, -0.1) is 0 Å². The minimum atomic E-state index is -0.872. The second-order valence-corrected chi connectivity index (χ2v) is 7.82. The number of nitrogens with two attached hydrogens (primary N) is 3. The second kappa shape index (κ2) is 7.51. The van der Waals surface area contributed by atoms with Crippen molar-refractivity contribution in [1.82, 2.24) is 14.8 Å². The van der Waals surface area contributed by atoms with E-state index in [0.29, 0.717) is 42.8 Å². The Balaban J connectivity index is 2.10. The molecule has 0 unspecified atom stereocenters. The number of fused-ring (bicyclic) bond motifs is 2. The molecular weight excluding hydrogens is 396 g/mol. The summed E-state index contributed by atoms with van der Waals surface area (Å²) in [6.07, 6.45) is 1.66. The van der Waals surface area contributed by atoms with E-state index >= 15 is 0 Å². The van der Waals surface area contributed by atoms with Gasteiger partial charge in [-0.25, -0.2) is 9.48 Å². The average Bonchev–Trinajstić information content (AvgIpc) is 3.01. The molecule has 1 aliphatic carbocycles. The number of benzene rings is 2. The lowest BCUT2D eigenvalue weighted by atomic mass is 9.69. The summed E-state index contributed by atoms with van der Waals surface area (Å²) in [5.74, 6) is -0.582. The van der Waals surface area contributed by atoms with Gasteiger partial charge in [-0.3, -0.25) is 14.6 Å². The highest BCUT2D eigenvalue weighted by molar-refractivity contribution is 5.94. The maximum absolute atomic E-state index is 12.3. The van der Waals surface area contributed by atoms with Gasteiger partial charge in [-0.05, 0) is 72.3 Å². The number of hydrogen-bond donors (Lipinski definition) is 4. The van der Waals surface area contributed by atoms with Crippen LogP contribution in [0.5, 0.6) is 0 Å². The Bertz CT molecular complexity index is 1190. The Hall–Kier alpha value is -3.72. The second-order valence-electron chi connectivity index (χ2n) is 7.82. The van der Waals surface area contributed by atoms with Gasteiger partial charge in [0, 0.05) is 18.2 Å². The zero-order valence-electron chi connectivity index (χ0n) is 17.1. The standard InChI is InChI=1S/C22H24N6O3/c1-28-21(31)26-20(27-28)22(8-9-23)16-6-4-14(18(24)29)10-12(16)2-3-13-11-15(19(25)30)5-7-17(13)22/h4-7,10-11H,2-3,8-9,23H2,1H3,(H2,24,29)(H2,25,30)(H,26,27,31). The van der Waals surface area contributed by atoms with Gasteiger partial charge >= 0.3 is 5.69 Å². The van der Waals surface area contributed by atoms with Crippen LogP contribution in [0, 0.1) is 0 Å². The van der Waals surface area contributed by atoms with Gasteiger partial charge in [-0.2, -0.15) is 5.10 Å².